The molecule has 1 aromatic carbocycles. The number of nitrogens with one attached hydrogen (secondary N) is 1. The summed E-state index contributed by atoms with van der Waals surface area (Å²) in [6, 6.07) is 8.82. The third kappa shape index (κ3) is 4.53. The molecular weight excluding hydrogens is 400 g/mol. The van der Waals surface area contributed by atoms with E-state index in [0.29, 0.717) is 11.4 Å². The Morgan fingerprint density at radius 2 is 1.86 bits per heavy atom. The van der Waals surface area contributed by atoms with E-state index < -0.39 is 11.9 Å². The summed E-state index contributed by atoms with van der Waals surface area (Å²) in [5.74, 6) is -1.82. The smallest absolute Gasteiger partial charge is 0.545 e. The molecule has 0 saturated carbocycles. The SMILES string of the molecule is N#Cc1ccn(-c2ccc(C(=O)Nc3cc(Cl)c(Cl)cc3C(=O)[O-])nn2)c1.[Li+]. The quantitative estimate of drug-likeness (QED) is 0.557. The monoisotopic (exact) mass is 407 g/mol. The van der Waals surface area contributed by atoms with Crippen LogP contribution in [0.4, 0.5) is 5.69 Å². The fourth-order valence-electron chi connectivity index (χ4n) is 2.19. The fourth-order valence-corrected chi connectivity index (χ4v) is 2.52. The van der Waals surface area contributed by atoms with Gasteiger partial charge in [0.1, 0.15) is 6.07 Å². The Morgan fingerprint density at radius 3 is 2.43 bits per heavy atom. The molecule has 2 heterocycles. The van der Waals surface area contributed by atoms with Crippen molar-refractivity contribution < 1.29 is 33.6 Å². The van der Waals surface area contributed by atoms with Gasteiger partial charge in [-0.1, -0.05) is 23.2 Å². The molecule has 8 nitrogen and oxygen atoms in total. The van der Waals surface area contributed by atoms with Crippen LogP contribution in [0.25, 0.3) is 5.82 Å². The number of amides is 1. The summed E-state index contributed by atoms with van der Waals surface area (Å²) in [6.07, 6.45) is 3.19. The predicted molar refractivity (Wildman–Crippen MR) is 94.8 cm³/mol. The summed E-state index contributed by atoms with van der Waals surface area (Å²) in [5.41, 5.74) is -0.00196. The van der Waals surface area contributed by atoms with Gasteiger partial charge in [0.15, 0.2) is 11.5 Å². The number of hydrogen-bond donors (Lipinski definition) is 1. The van der Waals surface area contributed by atoms with Crippen molar-refractivity contribution in [1.82, 2.24) is 14.8 Å². The van der Waals surface area contributed by atoms with E-state index >= 15 is 0 Å². The summed E-state index contributed by atoms with van der Waals surface area (Å²) in [6.45, 7) is 0. The zero-order valence-corrected chi connectivity index (χ0v) is 15.8. The van der Waals surface area contributed by atoms with E-state index in [1.54, 1.807) is 23.0 Å². The van der Waals surface area contributed by atoms with Crippen LogP contribution in [0.3, 0.4) is 0 Å². The van der Waals surface area contributed by atoms with Gasteiger partial charge < -0.3 is 19.8 Å². The topological polar surface area (TPSA) is 124 Å². The average molecular weight is 408 g/mol. The van der Waals surface area contributed by atoms with Crippen LogP contribution in [0.2, 0.25) is 10.0 Å². The van der Waals surface area contributed by atoms with Crippen LogP contribution in [-0.2, 0) is 0 Å². The normalized spacial score (nSPS) is 9.89. The molecule has 28 heavy (non-hydrogen) atoms. The molecular formula is C17H8Cl2LiN5O3. The predicted octanol–water partition coefficient (Wildman–Crippen LogP) is -0.934. The second-order valence-electron chi connectivity index (χ2n) is 5.25. The van der Waals surface area contributed by atoms with Crippen LogP contribution in [0.15, 0.2) is 42.7 Å². The number of aromatic carboxylic acids is 1. The number of benzene rings is 1. The van der Waals surface area contributed by atoms with Gasteiger partial charge in [-0.2, -0.15) is 5.26 Å². The zero-order chi connectivity index (χ0) is 19.6. The number of aromatic nitrogens is 3. The van der Waals surface area contributed by atoms with Crippen molar-refractivity contribution in [2.24, 2.45) is 0 Å². The van der Waals surface area contributed by atoms with E-state index in [0.717, 1.165) is 6.07 Å². The first kappa shape index (κ1) is 21.5. The molecule has 11 heteroatoms. The van der Waals surface area contributed by atoms with Crippen molar-refractivity contribution in [3.63, 3.8) is 0 Å². The van der Waals surface area contributed by atoms with Crippen LogP contribution in [0.5, 0.6) is 0 Å². The van der Waals surface area contributed by atoms with Crippen molar-refractivity contribution in [2.45, 2.75) is 0 Å². The zero-order valence-electron chi connectivity index (χ0n) is 14.3. The summed E-state index contributed by atoms with van der Waals surface area (Å²) < 4.78 is 1.57. The molecule has 2 aromatic heterocycles. The number of halogens is 2. The number of nitriles is 1. The molecule has 3 rings (SSSR count). The van der Waals surface area contributed by atoms with Crippen molar-refractivity contribution >= 4 is 40.8 Å². The van der Waals surface area contributed by atoms with Crippen molar-refractivity contribution in [3.8, 4) is 11.9 Å². The maximum Gasteiger partial charge on any atom is 1.00 e. The summed E-state index contributed by atoms with van der Waals surface area (Å²) in [4.78, 5) is 23.5. The maximum atomic E-state index is 12.3. The summed E-state index contributed by atoms with van der Waals surface area (Å²) in [5, 5.41) is 30.3. The Kier molecular flexibility index (Phi) is 6.84. The van der Waals surface area contributed by atoms with E-state index in [1.807, 2.05) is 6.07 Å². The van der Waals surface area contributed by atoms with E-state index in [2.05, 4.69) is 15.5 Å². The first-order valence-electron chi connectivity index (χ1n) is 7.33. The largest absolute Gasteiger partial charge is 1.00 e. The van der Waals surface area contributed by atoms with Crippen LogP contribution < -0.4 is 29.3 Å². The van der Waals surface area contributed by atoms with E-state index in [9.17, 15) is 14.7 Å². The minimum absolute atomic E-state index is 0. The van der Waals surface area contributed by atoms with Gasteiger partial charge in [0.25, 0.3) is 5.91 Å². The standard InChI is InChI=1S/C17H9Cl2N5O3.Li/c18-11-5-10(17(26)27)14(6-12(11)19)21-16(25)13-1-2-15(23-22-13)24-4-3-9(7-20)8-24;/h1-6,8H,(H,21,25)(H,26,27);/q;+1/p-1. The third-order valence-electron chi connectivity index (χ3n) is 3.50. The number of carboxylic acid groups (broad SMARTS) is 1. The van der Waals surface area contributed by atoms with Crippen LogP contribution in [0.1, 0.15) is 26.4 Å². The molecule has 1 amide bonds. The second-order valence-corrected chi connectivity index (χ2v) is 6.06. The van der Waals surface area contributed by atoms with Gasteiger partial charge in [0.2, 0.25) is 0 Å². The van der Waals surface area contributed by atoms with Gasteiger partial charge in [0.05, 0.1) is 27.3 Å². The molecule has 134 valence electrons. The maximum absolute atomic E-state index is 12.3. The minimum Gasteiger partial charge on any atom is -0.545 e. The molecule has 0 saturated heterocycles. The Morgan fingerprint density at radius 1 is 1.14 bits per heavy atom. The second kappa shape index (κ2) is 8.92. The molecule has 0 spiro atoms. The number of anilines is 1. The minimum atomic E-state index is -1.52. The number of carboxylic acids is 1. The van der Waals surface area contributed by atoms with Gasteiger partial charge in [-0.25, -0.2) is 0 Å². The third-order valence-corrected chi connectivity index (χ3v) is 4.22. The molecule has 0 fully saturated rings. The molecule has 0 radical (unpaired) electrons. The molecule has 3 aromatic rings. The first-order chi connectivity index (χ1) is 12.9. The molecule has 0 unspecified atom stereocenters. The number of nitrogens with zero attached hydrogens (tertiary/aromatic N) is 4. The fraction of sp³-hybridized carbons (Fsp3) is 0. The molecule has 0 aliphatic heterocycles. The van der Waals surface area contributed by atoms with E-state index in [-0.39, 0.29) is 45.9 Å². The molecule has 0 aliphatic rings. The summed E-state index contributed by atoms with van der Waals surface area (Å²) >= 11 is 11.7. The Balaban J connectivity index is 0.00000280. The van der Waals surface area contributed by atoms with Gasteiger partial charge >= 0.3 is 18.9 Å². The molecule has 0 bridgehead atoms. The van der Waals surface area contributed by atoms with Gasteiger partial charge in [-0.05, 0) is 30.3 Å². The number of hydrogen-bond acceptors (Lipinski definition) is 6. The van der Waals surface area contributed by atoms with E-state index in [1.165, 1.54) is 18.2 Å². The van der Waals surface area contributed by atoms with Gasteiger partial charge in [0, 0.05) is 18.0 Å². The Labute approximate surface area is 180 Å². The van der Waals surface area contributed by atoms with Crippen molar-refractivity contribution in [1.29, 1.82) is 5.26 Å². The van der Waals surface area contributed by atoms with Crippen molar-refractivity contribution in [3.05, 3.63) is 69.6 Å². The number of carbonyl (C=O) groups excluding carboxylic acids is 2. The Hall–Kier alpha value is -2.81. The van der Waals surface area contributed by atoms with Crippen molar-refractivity contribution in [2.75, 3.05) is 5.32 Å². The number of rotatable bonds is 4. The molecule has 1 N–H and O–H groups in total. The molecule has 0 atom stereocenters. The molecule has 0 aliphatic carbocycles. The summed E-state index contributed by atoms with van der Waals surface area (Å²) in [7, 11) is 0. The Bertz CT molecular complexity index is 1090. The van der Waals surface area contributed by atoms with Gasteiger partial charge in [-0.15, -0.1) is 10.2 Å². The first-order valence-corrected chi connectivity index (χ1v) is 8.08. The van der Waals surface area contributed by atoms with Gasteiger partial charge in [-0.3, -0.25) is 4.79 Å². The number of carbonyl (C=O) groups is 2. The van der Waals surface area contributed by atoms with E-state index in [4.69, 9.17) is 28.5 Å². The van der Waals surface area contributed by atoms with Crippen LogP contribution in [-0.4, -0.2) is 26.6 Å². The van der Waals surface area contributed by atoms with Crippen LogP contribution >= 0.6 is 23.2 Å². The average Bonchev–Trinajstić information content (AvgIpc) is 3.13. The van der Waals surface area contributed by atoms with Crippen LogP contribution in [0, 0.1) is 11.3 Å².